The molecule has 0 atom stereocenters. The summed E-state index contributed by atoms with van der Waals surface area (Å²) in [4.78, 5) is 22.0. The number of para-hydroxylation sites is 1. The highest BCUT2D eigenvalue weighted by atomic mass is 16.6. The van der Waals surface area contributed by atoms with E-state index in [1.54, 1.807) is 18.2 Å². The van der Waals surface area contributed by atoms with Crippen molar-refractivity contribution in [2.45, 2.75) is 12.8 Å². The minimum absolute atomic E-state index is 0.0511. The number of amides is 1. The second-order valence-corrected chi connectivity index (χ2v) is 4.59. The van der Waals surface area contributed by atoms with Crippen LogP contribution in [0.3, 0.4) is 0 Å². The number of nitrogens with zero attached hydrogens (tertiary/aromatic N) is 2. The van der Waals surface area contributed by atoms with E-state index in [4.69, 9.17) is 0 Å². The Morgan fingerprint density at radius 3 is 2.55 bits per heavy atom. The summed E-state index contributed by atoms with van der Waals surface area (Å²) >= 11 is 0. The van der Waals surface area contributed by atoms with Gasteiger partial charge in [0.2, 0.25) is 5.91 Å². The first kappa shape index (κ1) is 15.4. The standard InChI is InChI=1S/C16H15N3O3/c20-16(11-10-13-6-2-1-3-7-13)18-17-12-14-8-4-5-9-15(14)19(21)22/h1-9,12H,10-11H2,(H,18,20)/b17-12-. The van der Waals surface area contributed by atoms with Gasteiger partial charge in [-0.3, -0.25) is 14.9 Å². The molecule has 112 valence electrons. The van der Waals surface area contributed by atoms with Crippen LogP contribution in [0.4, 0.5) is 5.69 Å². The fraction of sp³-hybridized carbons (Fsp3) is 0.125. The fourth-order valence-corrected chi connectivity index (χ4v) is 1.90. The molecular weight excluding hydrogens is 282 g/mol. The number of nitrogens with one attached hydrogen (secondary N) is 1. The summed E-state index contributed by atoms with van der Waals surface area (Å²) < 4.78 is 0. The minimum Gasteiger partial charge on any atom is -0.273 e. The zero-order valence-electron chi connectivity index (χ0n) is 11.8. The molecule has 0 saturated carbocycles. The van der Waals surface area contributed by atoms with Gasteiger partial charge in [-0.05, 0) is 18.1 Å². The summed E-state index contributed by atoms with van der Waals surface area (Å²) in [5.74, 6) is -0.237. The number of carbonyl (C=O) groups excluding carboxylic acids is 1. The summed E-state index contributed by atoms with van der Waals surface area (Å²) in [5, 5.41) is 14.6. The molecule has 22 heavy (non-hydrogen) atoms. The molecule has 2 rings (SSSR count). The molecule has 0 radical (unpaired) electrons. The zero-order chi connectivity index (χ0) is 15.8. The Morgan fingerprint density at radius 2 is 1.82 bits per heavy atom. The topological polar surface area (TPSA) is 84.6 Å². The lowest BCUT2D eigenvalue weighted by atomic mass is 10.1. The molecule has 0 heterocycles. The van der Waals surface area contributed by atoms with Crippen LogP contribution in [-0.4, -0.2) is 17.0 Å². The number of hydrogen-bond acceptors (Lipinski definition) is 4. The van der Waals surface area contributed by atoms with E-state index in [-0.39, 0.29) is 11.6 Å². The number of carbonyl (C=O) groups is 1. The number of rotatable bonds is 6. The zero-order valence-corrected chi connectivity index (χ0v) is 11.8. The van der Waals surface area contributed by atoms with Crippen LogP contribution in [0.25, 0.3) is 0 Å². The Labute approximate surface area is 127 Å². The molecule has 0 aliphatic heterocycles. The summed E-state index contributed by atoms with van der Waals surface area (Å²) in [6.07, 6.45) is 2.20. The Hall–Kier alpha value is -3.02. The largest absolute Gasteiger partial charge is 0.278 e. The number of nitro groups is 1. The third-order valence-corrected chi connectivity index (χ3v) is 3.01. The third-order valence-electron chi connectivity index (χ3n) is 3.01. The number of benzene rings is 2. The molecular formula is C16H15N3O3. The Morgan fingerprint density at radius 1 is 1.14 bits per heavy atom. The summed E-state index contributed by atoms with van der Waals surface area (Å²) in [6, 6.07) is 15.9. The minimum atomic E-state index is -0.488. The Kier molecular flexibility index (Phi) is 5.37. The maximum absolute atomic E-state index is 11.7. The fourth-order valence-electron chi connectivity index (χ4n) is 1.90. The SMILES string of the molecule is O=C(CCc1ccccc1)N/N=C\c1ccccc1[N+](=O)[O-]. The average Bonchev–Trinajstić information content (AvgIpc) is 2.54. The molecule has 0 aliphatic carbocycles. The molecule has 2 aromatic rings. The number of nitro benzene ring substituents is 1. The maximum atomic E-state index is 11.7. The molecule has 1 amide bonds. The lowest BCUT2D eigenvalue weighted by Gasteiger charge is -2.01. The molecule has 0 fully saturated rings. The summed E-state index contributed by atoms with van der Waals surface area (Å²) in [6.45, 7) is 0. The van der Waals surface area contributed by atoms with E-state index < -0.39 is 4.92 Å². The van der Waals surface area contributed by atoms with Gasteiger partial charge in [-0.1, -0.05) is 42.5 Å². The highest BCUT2D eigenvalue weighted by Gasteiger charge is 2.10. The van der Waals surface area contributed by atoms with E-state index >= 15 is 0 Å². The van der Waals surface area contributed by atoms with E-state index in [9.17, 15) is 14.9 Å². The summed E-state index contributed by atoms with van der Waals surface area (Å²) in [7, 11) is 0. The van der Waals surface area contributed by atoms with Crippen LogP contribution >= 0.6 is 0 Å². The van der Waals surface area contributed by atoms with E-state index in [1.165, 1.54) is 12.3 Å². The first-order valence-corrected chi connectivity index (χ1v) is 6.76. The Balaban J connectivity index is 1.87. The lowest BCUT2D eigenvalue weighted by Crippen LogP contribution is -2.18. The van der Waals surface area contributed by atoms with Crippen molar-refractivity contribution in [3.63, 3.8) is 0 Å². The molecule has 0 aromatic heterocycles. The van der Waals surface area contributed by atoms with Gasteiger partial charge in [0.1, 0.15) is 0 Å². The second-order valence-electron chi connectivity index (χ2n) is 4.59. The van der Waals surface area contributed by atoms with E-state index in [0.29, 0.717) is 18.4 Å². The van der Waals surface area contributed by atoms with Crippen LogP contribution in [0.2, 0.25) is 0 Å². The molecule has 1 N–H and O–H groups in total. The number of aryl methyl sites for hydroxylation is 1. The van der Waals surface area contributed by atoms with Crippen LogP contribution in [0, 0.1) is 10.1 Å². The van der Waals surface area contributed by atoms with E-state index in [1.807, 2.05) is 30.3 Å². The quantitative estimate of drug-likeness (QED) is 0.505. The van der Waals surface area contributed by atoms with Crippen molar-refractivity contribution in [1.29, 1.82) is 0 Å². The van der Waals surface area contributed by atoms with Crippen molar-refractivity contribution >= 4 is 17.8 Å². The molecule has 6 nitrogen and oxygen atoms in total. The van der Waals surface area contributed by atoms with Crippen LogP contribution < -0.4 is 5.43 Å². The predicted molar refractivity (Wildman–Crippen MR) is 83.6 cm³/mol. The average molecular weight is 297 g/mol. The van der Waals surface area contributed by atoms with Crippen LogP contribution in [0.5, 0.6) is 0 Å². The van der Waals surface area contributed by atoms with Gasteiger partial charge < -0.3 is 0 Å². The highest BCUT2D eigenvalue weighted by Crippen LogP contribution is 2.14. The first-order chi connectivity index (χ1) is 10.7. The maximum Gasteiger partial charge on any atom is 0.278 e. The first-order valence-electron chi connectivity index (χ1n) is 6.76. The third kappa shape index (κ3) is 4.52. The molecule has 0 aliphatic rings. The van der Waals surface area contributed by atoms with Gasteiger partial charge in [-0.25, -0.2) is 5.43 Å². The van der Waals surface area contributed by atoms with Crippen molar-refractivity contribution in [2.24, 2.45) is 5.10 Å². The van der Waals surface area contributed by atoms with E-state index in [0.717, 1.165) is 5.56 Å². The smallest absolute Gasteiger partial charge is 0.273 e. The van der Waals surface area contributed by atoms with Crippen molar-refractivity contribution in [3.05, 3.63) is 75.8 Å². The van der Waals surface area contributed by atoms with Gasteiger partial charge in [0, 0.05) is 12.5 Å². The van der Waals surface area contributed by atoms with Crippen molar-refractivity contribution < 1.29 is 9.72 Å². The van der Waals surface area contributed by atoms with Crippen molar-refractivity contribution in [2.75, 3.05) is 0 Å². The van der Waals surface area contributed by atoms with Gasteiger partial charge in [0.25, 0.3) is 5.69 Å². The molecule has 2 aromatic carbocycles. The molecule has 0 unspecified atom stereocenters. The Bertz CT molecular complexity index is 684. The molecule has 0 saturated heterocycles. The van der Waals surface area contributed by atoms with E-state index in [2.05, 4.69) is 10.5 Å². The lowest BCUT2D eigenvalue weighted by molar-refractivity contribution is -0.385. The molecule has 6 heteroatoms. The predicted octanol–water partition coefficient (Wildman–Crippen LogP) is 2.68. The van der Waals surface area contributed by atoms with Crippen LogP contribution in [0.1, 0.15) is 17.5 Å². The number of hydrogen-bond donors (Lipinski definition) is 1. The van der Waals surface area contributed by atoms with Gasteiger partial charge in [0.05, 0.1) is 16.7 Å². The highest BCUT2D eigenvalue weighted by molar-refractivity contribution is 5.86. The van der Waals surface area contributed by atoms with Crippen LogP contribution in [0.15, 0.2) is 59.7 Å². The summed E-state index contributed by atoms with van der Waals surface area (Å²) in [5.41, 5.74) is 3.74. The normalized spacial score (nSPS) is 10.5. The molecule has 0 spiro atoms. The van der Waals surface area contributed by atoms with Gasteiger partial charge in [-0.15, -0.1) is 0 Å². The monoisotopic (exact) mass is 297 g/mol. The molecule has 0 bridgehead atoms. The second kappa shape index (κ2) is 7.68. The van der Waals surface area contributed by atoms with Gasteiger partial charge in [0.15, 0.2) is 0 Å². The van der Waals surface area contributed by atoms with Gasteiger partial charge in [-0.2, -0.15) is 5.10 Å². The van der Waals surface area contributed by atoms with Gasteiger partial charge >= 0.3 is 0 Å². The number of hydrazone groups is 1. The van der Waals surface area contributed by atoms with Crippen LogP contribution in [-0.2, 0) is 11.2 Å². The van der Waals surface area contributed by atoms with Crippen molar-refractivity contribution in [3.8, 4) is 0 Å². The van der Waals surface area contributed by atoms with Crippen molar-refractivity contribution in [1.82, 2.24) is 5.43 Å².